The Morgan fingerprint density at radius 2 is 2.14 bits per heavy atom. The van der Waals surface area contributed by atoms with Crippen LogP contribution < -0.4 is 16.0 Å². The first-order chi connectivity index (χ1) is 10.1. The summed E-state index contributed by atoms with van der Waals surface area (Å²) in [6, 6.07) is 7.44. The molecule has 114 valence electrons. The lowest BCUT2D eigenvalue weighted by Crippen LogP contribution is -3.14. The van der Waals surface area contributed by atoms with Crippen LogP contribution in [0.1, 0.15) is 18.4 Å². The van der Waals surface area contributed by atoms with Crippen molar-refractivity contribution in [1.29, 1.82) is 0 Å². The minimum atomic E-state index is -0.260. The molecule has 1 fully saturated rings. The van der Waals surface area contributed by atoms with Crippen LogP contribution in [0.2, 0.25) is 5.02 Å². The molecule has 2 amide bonds. The van der Waals surface area contributed by atoms with Gasteiger partial charge in [-0.2, -0.15) is 0 Å². The molecule has 1 unspecified atom stereocenters. The first-order valence-electron chi connectivity index (χ1n) is 7.19. The van der Waals surface area contributed by atoms with Crippen molar-refractivity contribution in [3.05, 3.63) is 34.9 Å². The second kappa shape index (κ2) is 7.43. The monoisotopic (exact) mass is 310 g/mol. The van der Waals surface area contributed by atoms with Gasteiger partial charge in [-0.1, -0.05) is 29.8 Å². The average molecular weight is 311 g/mol. The van der Waals surface area contributed by atoms with Crippen LogP contribution in [0.3, 0.4) is 0 Å². The molecule has 0 bridgehead atoms. The maximum atomic E-state index is 12.0. The lowest BCUT2D eigenvalue weighted by atomic mass is 9.97. The van der Waals surface area contributed by atoms with Crippen molar-refractivity contribution in [3.8, 4) is 0 Å². The Hall–Kier alpha value is -1.59. The second-order valence-electron chi connectivity index (χ2n) is 5.49. The van der Waals surface area contributed by atoms with Crippen molar-refractivity contribution >= 4 is 23.4 Å². The number of quaternary nitrogens is 1. The fourth-order valence-corrected chi connectivity index (χ4v) is 2.88. The van der Waals surface area contributed by atoms with Gasteiger partial charge in [-0.25, -0.2) is 0 Å². The molecule has 1 heterocycles. The number of nitrogens with two attached hydrogens (primary N) is 1. The molecule has 0 saturated carbocycles. The maximum absolute atomic E-state index is 12.0. The predicted molar refractivity (Wildman–Crippen MR) is 80.8 cm³/mol. The standard InChI is InChI=1S/C15H20ClN3O2/c16-13-6-2-1-4-11(13)8-18-14(20)10-19-7-3-5-12(9-19)15(17)21/h1-2,4,6,12H,3,5,7-10H2,(H2,17,21)(H,18,20)/p+1/t12-/m0/s1. The van der Waals surface area contributed by atoms with E-state index in [0.29, 0.717) is 24.7 Å². The fraction of sp³-hybridized carbons (Fsp3) is 0.467. The van der Waals surface area contributed by atoms with Crippen LogP contribution in [0.15, 0.2) is 24.3 Å². The summed E-state index contributed by atoms with van der Waals surface area (Å²) in [7, 11) is 0. The van der Waals surface area contributed by atoms with Crippen LogP contribution in [-0.2, 0) is 16.1 Å². The highest BCUT2D eigenvalue weighted by atomic mass is 35.5. The van der Waals surface area contributed by atoms with E-state index in [0.717, 1.165) is 29.8 Å². The number of halogens is 1. The topological polar surface area (TPSA) is 76.6 Å². The Balaban J connectivity index is 1.79. The van der Waals surface area contributed by atoms with Crippen molar-refractivity contribution in [2.45, 2.75) is 19.4 Å². The molecule has 2 rings (SSSR count). The quantitative estimate of drug-likeness (QED) is 0.700. The highest BCUT2D eigenvalue weighted by molar-refractivity contribution is 6.31. The molecule has 1 aliphatic rings. The number of amides is 2. The molecule has 21 heavy (non-hydrogen) atoms. The molecular weight excluding hydrogens is 290 g/mol. The summed E-state index contributed by atoms with van der Waals surface area (Å²) in [4.78, 5) is 24.3. The van der Waals surface area contributed by atoms with Gasteiger partial charge in [0.05, 0.1) is 19.0 Å². The Labute approximate surface area is 129 Å². The van der Waals surface area contributed by atoms with E-state index in [4.69, 9.17) is 17.3 Å². The summed E-state index contributed by atoms with van der Waals surface area (Å²) in [5, 5.41) is 3.52. The second-order valence-corrected chi connectivity index (χ2v) is 5.90. The van der Waals surface area contributed by atoms with E-state index in [9.17, 15) is 9.59 Å². The van der Waals surface area contributed by atoms with Gasteiger partial charge >= 0.3 is 0 Å². The molecule has 4 N–H and O–H groups in total. The van der Waals surface area contributed by atoms with Crippen LogP contribution >= 0.6 is 11.6 Å². The first kappa shape index (κ1) is 15.8. The number of hydrogen-bond acceptors (Lipinski definition) is 2. The van der Waals surface area contributed by atoms with E-state index in [-0.39, 0.29) is 17.7 Å². The molecule has 1 aromatic carbocycles. The van der Waals surface area contributed by atoms with Crippen molar-refractivity contribution in [2.24, 2.45) is 11.7 Å². The maximum Gasteiger partial charge on any atom is 0.275 e. The zero-order chi connectivity index (χ0) is 15.2. The average Bonchev–Trinajstić information content (AvgIpc) is 2.46. The van der Waals surface area contributed by atoms with Gasteiger partial charge in [0.15, 0.2) is 6.54 Å². The normalized spacial score (nSPS) is 21.8. The molecule has 0 aromatic heterocycles. The van der Waals surface area contributed by atoms with Crippen molar-refractivity contribution in [3.63, 3.8) is 0 Å². The number of benzene rings is 1. The Morgan fingerprint density at radius 1 is 1.38 bits per heavy atom. The molecule has 0 radical (unpaired) electrons. The number of carbonyl (C=O) groups is 2. The Morgan fingerprint density at radius 3 is 2.86 bits per heavy atom. The zero-order valence-electron chi connectivity index (χ0n) is 11.9. The number of primary amides is 1. The van der Waals surface area contributed by atoms with Crippen LogP contribution in [0.4, 0.5) is 0 Å². The first-order valence-corrected chi connectivity index (χ1v) is 7.57. The Bertz CT molecular complexity index is 521. The van der Waals surface area contributed by atoms with Gasteiger partial charge in [0.25, 0.3) is 5.91 Å². The number of nitrogens with one attached hydrogen (secondary N) is 2. The number of piperidine rings is 1. The van der Waals surface area contributed by atoms with Crippen molar-refractivity contribution in [1.82, 2.24) is 5.32 Å². The van der Waals surface area contributed by atoms with Gasteiger partial charge in [0.1, 0.15) is 0 Å². The molecule has 1 saturated heterocycles. The zero-order valence-corrected chi connectivity index (χ0v) is 12.7. The van der Waals surface area contributed by atoms with Gasteiger partial charge in [-0.05, 0) is 24.5 Å². The predicted octanol–water partition coefficient (Wildman–Crippen LogP) is -0.264. The largest absolute Gasteiger partial charge is 0.369 e. The smallest absolute Gasteiger partial charge is 0.275 e. The van der Waals surface area contributed by atoms with E-state index in [2.05, 4.69) is 5.32 Å². The van der Waals surface area contributed by atoms with E-state index < -0.39 is 0 Å². The van der Waals surface area contributed by atoms with Crippen molar-refractivity contribution in [2.75, 3.05) is 19.6 Å². The summed E-state index contributed by atoms with van der Waals surface area (Å²) in [6.45, 7) is 2.34. The molecule has 2 atom stereocenters. The third kappa shape index (κ3) is 4.72. The minimum Gasteiger partial charge on any atom is -0.369 e. The molecule has 1 aromatic rings. The van der Waals surface area contributed by atoms with E-state index in [1.165, 1.54) is 0 Å². The number of hydrogen-bond donors (Lipinski definition) is 3. The molecule has 6 heteroatoms. The highest BCUT2D eigenvalue weighted by Crippen LogP contribution is 2.14. The number of rotatable bonds is 5. The highest BCUT2D eigenvalue weighted by Gasteiger charge is 2.28. The van der Waals surface area contributed by atoms with E-state index in [1.54, 1.807) is 6.07 Å². The minimum absolute atomic E-state index is 0.0324. The van der Waals surface area contributed by atoms with E-state index >= 15 is 0 Å². The van der Waals surface area contributed by atoms with Gasteiger partial charge in [-0.15, -0.1) is 0 Å². The third-order valence-corrected chi connectivity index (χ3v) is 4.23. The van der Waals surface area contributed by atoms with Crippen LogP contribution in [0, 0.1) is 5.92 Å². The summed E-state index contributed by atoms with van der Waals surface area (Å²) in [6.07, 6.45) is 1.76. The SMILES string of the molecule is NC(=O)[C@H]1CCC[NH+](CC(=O)NCc2ccccc2Cl)C1. The van der Waals surface area contributed by atoms with Crippen LogP contribution in [-0.4, -0.2) is 31.4 Å². The third-order valence-electron chi connectivity index (χ3n) is 3.86. The summed E-state index contributed by atoms with van der Waals surface area (Å²) >= 11 is 6.05. The summed E-state index contributed by atoms with van der Waals surface area (Å²) in [5.41, 5.74) is 6.24. The Kier molecular flexibility index (Phi) is 5.59. The van der Waals surface area contributed by atoms with Gasteiger partial charge in [-0.3, -0.25) is 9.59 Å². The molecule has 0 spiro atoms. The lowest BCUT2D eigenvalue weighted by Gasteiger charge is -2.27. The summed E-state index contributed by atoms with van der Waals surface area (Å²) in [5.74, 6) is -0.399. The number of carbonyl (C=O) groups excluding carboxylic acids is 2. The van der Waals surface area contributed by atoms with Gasteiger partial charge < -0.3 is 16.0 Å². The van der Waals surface area contributed by atoms with Crippen LogP contribution in [0.5, 0.6) is 0 Å². The molecular formula is C15H21ClN3O2+. The van der Waals surface area contributed by atoms with Gasteiger partial charge in [0, 0.05) is 11.6 Å². The molecule has 1 aliphatic heterocycles. The molecule has 0 aliphatic carbocycles. The van der Waals surface area contributed by atoms with Crippen LogP contribution in [0.25, 0.3) is 0 Å². The summed E-state index contributed by atoms with van der Waals surface area (Å²) < 4.78 is 0. The lowest BCUT2D eigenvalue weighted by molar-refractivity contribution is -0.899. The van der Waals surface area contributed by atoms with Crippen molar-refractivity contribution < 1.29 is 14.5 Å². The van der Waals surface area contributed by atoms with E-state index in [1.807, 2.05) is 18.2 Å². The molecule has 5 nitrogen and oxygen atoms in total. The fourth-order valence-electron chi connectivity index (χ4n) is 2.68. The van der Waals surface area contributed by atoms with Gasteiger partial charge in [0.2, 0.25) is 5.91 Å². The number of likely N-dealkylation sites (tertiary alicyclic amines) is 1.